The van der Waals surface area contributed by atoms with Crippen LogP contribution in [0.4, 0.5) is 15.6 Å². The maximum Gasteiger partial charge on any atom is 0.325 e. The molecule has 0 fully saturated rings. The summed E-state index contributed by atoms with van der Waals surface area (Å²) in [6.07, 6.45) is 0. The maximum absolute atomic E-state index is 11.5. The SMILES string of the molecule is O=C(Nc1ccccc1)Nc1nc(=S)ss1. The Morgan fingerprint density at radius 2 is 1.94 bits per heavy atom. The van der Waals surface area contributed by atoms with Crippen LogP contribution < -0.4 is 10.6 Å². The first-order valence-electron chi connectivity index (χ1n) is 4.34. The minimum absolute atomic E-state index is 0.317. The van der Waals surface area contributed by atoms with Crippen molar-refractivity contribution in [3.05, 3.63) is 34.3 Å². The first-order valence-corrected chi connectivity index (χ1v) is 6.90. The van der Waals surface area contributed by atoms with Crippen LogP contribution in [0.2, 0.25) is 0 Å². The van der Waals surface area contributed by atoms with Gasteiger partial charge < -0.3 is 5.32 Å². The van der Waals surface area contributed by atoms with Gasteiger partial charge in [-0.15, -0.1) is 0 Å². The number of carbonyl (C=O) groups excluding carboxylic acids is 1. The zero-order chi connectivity index (χ0) is 11.4. The topological polar surface area (TPSA) is 54.0 Å². The summed E-state index contributed by atoms with van der Waals surface area (Å²) in [5, 5.41) is 5.82. The van der Waals surface area contributed by atoms with Crippen LogP contribution in [-0.2, 0) is 0 Å². The second-order valence-electron chi connectivity index (χ2n) is 2.79. The lowest BCUT2D eigenvalue weighted by atomic mass is 10.3. The lowest BCUT2D eigenvalue weighted by molar-refractivity contribution is 0.262. The monoisotopic (exact) mass is 269 g/mol. The van der Waals surface area contributed by atoms with Gasteiger partial charge in [-0.3, -0.25) is 5.32 Å². The van der Waals surface area contributed by atoms with Gasteiger partial charge in [0.05, 0.1) is 0 Å². The number of nitrogens with one attached hydrogen (secondary N) is 2. The van der Waals surface area contributed by atoms with Crippen LogP contribution in [-0.4, -0.2) is 11.0 Å². The molecule has 7 heteroatoms. The van der Waals surface area contributed by atoms with Crippen LogP contribution in [0, 0.1) is 3.95 Å². The highest BCUT2D eigenvalue weighted by atomic mass is 32.9. The van der Waals surface area contributed by atoms with E-state index in [1.54, 1.807) is 0 Å². The van der Waals surface area contributed by atoms with Crippen LogP contribution in [0.25, 0.3) is 0 Å². The molecule has 2 rings (SSSR count). The molecular weight excluding hydrogens is 262 g/mol. The fourth-order valence-electron chi connectivity index (χ4n) is 1.03. The minimum Gasteiger partial charge on any atom is -0.308 e. The Balaban J connectivity index is 1.97. The van der Waals surface area contributed by atoms with Crippen molar-refractivity contribution in [1.82, 2.24) is 4.98 Å². The third-order valence-corrected chi connectivity index (χ3v) is 4.16. The highest BCUT2D eigenvalue weighted by Crippen LogP contribution is 2.19. The number of para-hydroxylation sites is 1. The van der Waals surface area contributed by atoms with Crippen molar-refractivity contribution < 1.29 is 4.79 Å². The van der Waals surface area contributed by atoms with Crippen molar-refractivity contribution in [3.8, 4) is 0 Å². The van der Waals surface area contributed by atoms with Gasteiger partial charge in [0.25, 0.3) is 0 Å². The van der Waals surface area contributed by atoms with Crippen molar-refractivity contribution in [3.63, 3.8) is 0 Å². The van der Waals surface area contributed by atoms with Crippen LogP contribution in [0.3, 0.4) is 0 Å². The first kappa shape index (κ1) is 11.2. The van der Waals surface area contributed by atoms with E-state index in [0.29, 0.717) is 9.09 Å². The summed E-state index contributed by atoms with van der Waals surface area (Å²) >= 11 is 4.86. The summed E-state index contributed by atoms with van der Waals surface area (Å²) in [6.45, 7) is 0. The molecule has 0 radical (unpaired) electrons. The van der Waals surface area contributed by atoms with E-state index in [1.165, 1.54) is 20.7 Å². The van der Waals surface area contributed by atoms with E-state index in [1.807, 2.05) is 30.3 Å². The number of hydrogen-bond donors (Lipinski definition) is 2. The van der Waals surface area contributed by atoms with Crippen molar-refractivity contribution in [1.29, 1.82) is 0 Å². The molecule has 4 nitrogen and oxygen atoms in total. The maximum atomic E-state index is 11.5. The van der Waals surface area contributed by atoms with Gasteiger partial charge in [0.15, 0.2) is 3.95 Å². The molecule has 2 aromatic rings. The Morgan fingerprint density at radius 3 is 2.56 bits per heavy atom. The normalized spacial score (nSPS) is 9.75. The highest BCUT2D eigenvalue weighted by Gasteiger charge is 2.04. The van der Waals surface area contributed by atoms with Crippen molar-refractivity contribution >= 4 is 49.7 Å². The molecule has 0 aliphatic carbocycles. The standard InChI is InChI=1S/C9H7N3OS3/c13-7(10-6-4-2-1-3-5-6)11-8-12-9(14)16-15-8/h1-5H,(H2,10,11,12,13,14). The first-order chi connectivity index (χ1) is 7.74. The number of aromatic nitrogens is 1. The summed E-state index contributed by atoms with van der Waals surface area (Å²) in [5.74, 6) is 0. The molecule has 1 aromatic carbocycles. The molecule has 82 valence electrons. The number of urea groups is 1. The lowest BCUT2D eigenvalue weighted by Gasteiger charge is -2.03. The van der Waals surface area contributed by atoms with Gasteiger partial charge in [-0.1, -0.05) is 18.2 Å². The molecule has 2 N–H and O–H groups in total. The molecule has 0 unspecified atom stereocenters. The molecule has 0 spiro atoms. The number of amides is 2. The smallest absolute Gasteiger partial charge is 0.308 e. The number of nitrogens with zero attached hydrogens (tertiary/aromatic N) is 1. The predicted octanol–water partition coefficient (Wildman–Crippen LogP) is 3.58. The fourth-order valence-corrected chi connectivity index (χ4v) is 2.88. The number of benzene rings is 1. The van der Waals surface area contributed by atoms with Crippen LogP contribution in [0.15, 0.2) is 30.3 Å². The zero-order valence-corrected chi connectivity index (χ0v) is 10.4. The molecule has 2 amide bonds. The average Bonchev–Trinajstić information content (AvgIpc) is 2.65. The fraction of sp³-hybridized carbons (Fsp3) is 0. The molecule has 1 aromatic heterocycles. The number of rotatable bonds is 2. The van der Waals surface area contributed by atoms with Crippen molar-refractivity contribution in [2.45, 2.75) is 0 Å². The van der Waals surface area contributed by atoms with Gasteiger partial charge in [0.2, 0.25) is 5.13 Å². The molecule has 0 atom stereocenters. The molecule has 0 saturated heterocycles. The predicted molar refractivity (Wildman–Crippen MR) is 69.9 cm³/mol. The highest BCUT2D eigenvalue weighted by molar-refractivity contribution is 7.79. The molecule has 16 heavy (non-hydrogen) atoms. The largest absolute Gasteiger partial charge is 0.325 e. The van der Waals surface area contributed by atoms with Crippen LogP contribution in [0.1, 0.15) is 0 Å². The Kier molecular flexibility index (Phi) is 3.60. The molecule has 1 heterocycles. The van der Waals surface area contributed by atoms with Crippen molar-refractivity contribution in [2.24, 2.45) is 0 Å². The van der Waals surface area contributed by atoms with E-state index < -0.39 is 0 Å². The summed E-state index contributed by atoms with van der Waals surface area (Å²) in [6, 6.07) is 8.88. The Morgan fingerprint density at radius 1 is 1.19 bits per heavy atom. The summed E-state index contributed by atoms with van der Waals surface area (Å²) in [7, 11) is 2.70. The van der Waals surface area contributed by atoms with E-state index in [0.717, 1.165) is 5.69 Å². The Hall–Kier alpha value is -1.31. The second-order valence-corrected chi connectivity index (χ2v) is 5.55. The third-order valence-electron chi connectivity index (χ3n) is 1.64. The summed E-state index contributed by atoms with van der Waals surface area (Å²) < 4.78 is 0.528. The van der Waals surface area contributed by atoms with E-state index >= 15 is 0 Å². The van der Waals surface area contributed by atoms with E-state index in [-0.39, 0.29) is 6.03 Å². The number of carbonyl (C=O) groups is 1. The zero-order valence-electron chi connectivity index (χ0n) is 7.97. The Labute approximate surface area is 104 Å². The van der Waals surface area contributed by atoms with Gasteiger partial charge in [0, 0.05) is 5.69 Å². The number of hydrogen-bond acceptors (Lipinski definition) is 5. The second kappa shape index (κ2) is 5.15. The van der Waals surface area contributed by atoms with E-state index in [4.69, 9.17) is 12.2 Å². The molecule has 0 aliphatic heterocycles. The minimum atomic E-state index is -0.317. The molecule has 0 aliphatic rings. The molecular formula is C9H7N3OS3. The van der Waals surface area contributed by atoms with Crippen LogP contribution >= 0.6 is 32.9 Å². The average molecular weight is 269 g/mol. The summed E-state index contributed by atoms with van der Waals surface area (Å²) in [5.41, 5.74) is 0.735. The molecule has 0 bridgehead atoms. The third kappa shape index (κ3) is 3.09. The van der Waals surface area contributed by atoms with Crippen molar-refractivity contribution in [2.75, 3.05) is 10.6 Å². The lowest BCUT2D eigenvalue weighted by Crippen LogP contribution is -2.19. The summed E-state index contributed by atoms with van der Waals surface area (Å²) in [4.78, 5) is 15.5. The van der Waals surface area contributed by atoms with E-state index in [9.17, 15) is 4.79 Å². The quantitative estimate of drug-likeness (QED) is 0.647. The van der Waals surface area contributed by atoms with Gasteiger partial charge in [-0.25, -0.2) is 4.79 Å². The number of anilines is 2. The van der Waals surface area contributed by atoms with Gasteiger partial charge in [0.1, 0.15) is 0 Å². The van der Waals surface area contributed by atoms with Gasteiger partial charge >= 0.3 is 6.03 Å². The Bertz CT molecular complexity index is 534. The van der Waals surface area contributed by atoms with Gasteiger partial charge in [-0.2, -0.15) is 4.98 Å². The van der Waals surface area contributed by atoms with Gasteiger partial charge in [-0.05, 0) is 45.0 Å². The molecule has 0 saturated carbocycles. The van der Waals surface area contributed by atoms with E-state index in [2.05, 4.69) is 15.6 Å². The van der Waals surface area contributed by atoms with Crippen LogP contribution in [0.5, 0.6) is 0 Å².